The normalized spacial score (nSPS) is 21.3. The predicted octanol–water partition coefficient (Wildman–Crippen LogP) is 2.20. The fourth-order valence-corrected chi connectivity index (χ4v) is 2.61. The zero-order valence-corrected chi connectivity index (χ0v) is 12.5. The second kappa shape index (κ2) is 7.36. The Hall–Kier alpha value is -1.69. The second-order valence-corrected chi connectivity index (χ2v) is 5.13. The number of ether oxygens (including phenoxy) is 1. The van der Waals surface area contributed by atoms with E-state index in [1.54, 1.807) is 0 Å². The van der Waals surface area contributed by atoms with Crippen molar-refractivity contribution in [2.75, 3.05) is 25.0 Å². The van der Waals surface area contributed by atoms with Crippen molar-refractivity contribution >= 4 is 11.7 Å². The summed E-state index contributed by atoms with van der Waals surface area (Å²) in [4.78, 5) is 16.0. The summed E-state index contributed by atoms with van der Waals surface area (Å²) in [6, 6.07) is 1.40. The topological polar surface area (TPSA) is 63.2 Å². The standard InChI is InChI=1S/C15H22FN3O2/c1-3-12-10(6-8-21-12)9-19-15(20)11-5-7-18-14(13(11)16)17-4-2/h5,7,10,12H,3-4,6,8-9H2,1-2H3,(H,17,18)(H,19,20). The Balaban J connectivity index is 1.99. The highest BCUT2D eigenvalue weighted by Gasteiger charge is 2.27. The number of pyridine rings is 1. The lowest BCUT2D eigenvalue weighted by molar-refractivity contribution is 0.0825. The average Bonchev–Trinajstić information content (AvgIpc) is 2.94. The van der Waals surface area contributed by atoms with E-state index < -0.39 is 11.7 Å². The number of carbonyl (C=O) groups excluding carboxylic acids is 1. The van der Waals surface area contributed by atoms with Gasteiger partial charge in [0.15, 0.2) is 11.6 Å². The van der Waals surface area contributed by atoms with Gasteiger partial charge in [0.1, 0.15) is 0 Å². The monoisotopic (exact) mass is 295 g/mol. The van der Waals surface area contributed by atoms with Gasteiger partial charge < -0.3 is 15.4 Å². The molecule has 0 saturated carbocycles. The Morgan fingerprint density at radius 2 is 2.33 bits per heavy atom. The van der Waals surface area contributed by atoms with Gasteiger partial charge in [-0.15, -0.1) is 0 Å². The Labute approximate surface area is 124 Å². The van der Waals surface area contributed by atoms with Gasteiger partial charge in [-0.3, -0.25) is 4.79 Å². The molecule has 21 heavy (non-hydrogen) atoms. The first kappa shape index (κ1) is 15.7. The molecule has 1 fully saturated rings. The number of carbonyl (C=O) groups is 1. The van der Waals surface area contributed by atoms with Crippen LogP contribution in [0.5, 0.6) is 0 Å². The summed E-state index contributed by atoms with van der Waals surface area (Å²) in [5.74, 6) is -0.597. The number of rotatable bonds is 6. The molecule has 2 N–H and O–H groups in total. The number of nitrogens with zero attached hydrogens (tertiary/aromatic N) is 1. The van der Waals surface area contributed by atoms with Crippen LogP contribution in [0.1, 0.15) is 37.0 Å². The van der Waals surface area contributed by atoms with Gasteiger partial charge in [0.25, 0.3) is 5.91 Å². The summed E-state index contributed by atoms with van der Waals surface area (Å²) in [5, 5.41) is 5.60. The van der Waals surface area contributed by atoms with E-state index in [0.29, 0.717) is 19.0 Å². The lowest BCUT2D eigenvalue weighted by Gasteiger charge is -2.17. The minimum Gasteiger partial charge on any atom is -0.378 e. The van der Waals surface area contributed by atoms with Crippen LogP contribution in [-0.2, 0) is 4.74 Å². The minimum atomic E-state index is -0.605. The van der Waals surface area contributed by atoms with Crippen LogP contribution in [0.3, 0.4) is 0 Å². The number of aromatic nitrogens is 1. The highest BCUT2D eigenvalue weighted by atomic mass is 19.1. The fraction of sp³-hybridized carbons (Fsp3) is 0.600. The lowest BCUT2D eigenvalue weighted by Crippen LogP contribution is -2.33. The van der Waals surface area contributed by atoms with Crippen LogP contribution in [-0.4, -0.2) is 36.7 Å². The van der Waals surface area contributed by atoms with Crippen molar-refractivity contribution in [2.45, 2.75) is 32.8 Å². The van der Waals surface area contributed by atoms with Crippen molar-refractivity contribution in [1.29, 1.82) is 0 Å². The van der Waals surface area contributed by atoms with E-state index in [0.717, 1.165) is 19.4 Å². The van der Waals surface area contributed by atoms with Crippen LogP contribution in [0.15, 0.2) is 12.3 Å². The number of amides is 1. The Morgan fingerprint density at radius 1 is 1.52 bits per heavy atom. The molecule has 1 aromatic rings. The maximum absolute atomic E-state index is 14.1. The van der Waals surface area contributed by atoms with Gasteiger partial charge in [0.05, 0.1) is 11.7 Å². The zero-order chi connectivity index (χ0) is 15.2. The third-order valence-corrected chi connectivity index (χ3v) is 3.75. The molecule has 1 aliphatic rings. The smallest absolute Gasteiger partial charge is 0.254 e. The molecule has 1 amide bonds. The van der Waals surface area contributed by atoms with Crippen molar-refractivity contribution in [3.05, 3.63) is 23.6 Å². The molecule has 1 aromatic heterocycles. The molecule has 1 saturated heterocycles. The first-order valence-corrected chi connectivity index (χ1v) is 7.45. The van der Waals surface area contributed by atoms with Crippen molar-refractivity contribution in [2.24, 2.45) is 5.92 Å². The van der Waals surface area contributed by atoms with Crippen LogP contribution >= 0.6 is 0 Å². The SMILES string of the molecule is CCNc1nccc(C(=O)NCC2CCOC2CC)c1F. The molecular formula is C15H22FN3O2. The summed E-state index contributed by atoms with van der Waals surface area (Å²) in [6.07, 6.45) is 3.48. The van der Waals surface area contributed by atoms with Crippen LogP contribution in [0, 0.1) is 11.7 Å². The van der Waals surface area contributed by atoms with Crippen LogP contribution in [0.2, 0.25) is 0 Å². The highest BCUT2D eigenvalue weighted by Crippen LogP contribution is 2.23. The van der Waals surface area contributed by atoms with Gasteiger partial charge >= 0.3 is 0 Å². The number of nitrogens with one attached hydrogen (secondary N) is 2. The second-order valence-electron chi connectivity index (χ2n) is 5.13. The first-order chi connectivity index (χ1) is 10.2. The Kier molecular flexibility index (Phi) is 5.50. The van der Waals surface area contributed by atoms with Gasteiger partial charge in [-0.1, -0.05) is 6.92 Å². The molecule has 2 heterocycles. The lowest BCUT2D eigenvalue weighted by atomic mass is 9.99. The molecule has 6 heteroatoms. The molecular weight excluding hydrogens is 273 g/mol. The van der Waals surface area contributed by atoms with E-state index in [1.807, 2.05) is 6.92 Å². The van der Waals surface area contributed by atoms with Crippen molar-refractivity contribution in [1.82, 2.24) is 10.3 Å². The van der Waals surface area contributed by atoms with Crippen LogP contribution < -0.4 is 10.6 Å². The number of hydrogen-bond donors (Lipinski definition) is 2. The Morgan fingerprint density at radius 3 is 3.05 bits per heavy atom. The quantitative estimate of drug-likeness (QED) is 0.844. The molecule has 0 spiro atoms. The molecule has 116 valence electrons. The molecule has 0 aromatic carbocycles. The van der Waals surface area contributed by atoms with E-state index in [-0.39, 0.29) is 17.5 Å². The summed E-state index contributed by atoms with van der Waals surface area (Å²) >= 11 is 0. The molecule has 0 bridgehead atoms. The summed E-state index contributed by atoms with van der Waals surface area (Å²) in [6.45, 7) is 5.70. The third kappa shape index (κ3) is 3.69. The summed E-state index contributed by atoms with van der Waals surface area (Å²) in [7, 11) is 0. The molecule has 2 unspecified atom stereocenters. The predicted molar refractivity (Wildman–Crippen MR) is 78.8 cm³/mol. The fourth-order valence-electron chi connectivity index (χ4n) is 2.61. The van der Waals surface area contributed by atoms with Gasteiger partial charge in [-0.2, -0.15) is 0 Å². The summed E-state index contributed by atoms with van der Waals surface area (Å²) < 4.78 is 19.7. The van der Waals surface area contributed by atoms with Crippen molar-refractivity contribution in [3.63, 3.8) is 0 Å². The van der Waals surface area contributed by atoms with Crippen LogP contribution in [0.25, 0.3) is 0 Å². The van der Waals surface area contributed by atoms with Crippen molar-refractivity contribution < 1.29 is 13.9 Å². The number of hydrogen-bond acceptors (Lipinski definition) is 4. The van der Waals surface area contributed by atoms with Gasteiger partial charge in [-0.05, 0) is 25.8 Å². The molecule has 5 nitrogen and oxygen atoms in total. The number of halogens is 1. The minimum absolute atomic E-state index is 0.0212. The van der Waals surface area contributed by atoms with Gasteiger partial charge in [0, 0.05) is 31.8 Å². The van der Waals surface area contributed by atoms with Gasteiger partial charge in [0.2, 0.25) is 0 Å². The largest absolute Gasteiger partial charge is 0.378 e. The molecule has 2 rings (SSSR count). The first-order valence-electron chi connectivity index (χ1n) is 7.45. The van der Waals surface area contributed by atoms with Gasteiger partial charge in [-0.25, -0.2) is 9.37 Å². The van der Waals surface area contributed by atoms with E-state index >= 15 is 0 Å². The van der Waals surface area contributed by atoms with E-state index in [4.69, 9.17) is 4.74 Å². The molecule has 1 aliphatic heterocycles. The Bertz CT molecular complexity index is 496. The third-order valence-electron chi connectivity index (χ3n) is 3.75. The van der Waals surface area contributed by atoms with E-state index in [9.17, 15) is 9.18 Å². The molecule has 0 aliphatic carbocycles. The maximum atomic E-state index is 14.1. The zero-order valence-electron chi connectivity index (χ0n) is 12.5. The highest BCUT2D eigenvalue weighted by molar-refractivity contribution is 5.95. The van der Waals surface area contributed by atoms with E-state index in [1.165, 1.54) is 12.3 Å². The molecule has 0 radical (unpaired) electrons. The van der Waals surface area contributed by atoms with Crippen molar-refractivity contribution in [3.8, 4) is 0 Å². The average molecular weight is 295 g/mol. The summed E-state index contributed by atoms with van der Waals surface area (Å²) in [5.41, 5.74) is 0.0212. The van der Waals surface area contributed by atoms with Crippen LogP contribution in [0.4, 0.5) is 10.2 Å². The molecule has 2 atom stereocenters. The van der Waals surface area contributed by atoms with E-state index in [2.05, 4.69) is 22.5 Å². The maximum Gasteiger partial charge on any atom is 0.254 e. The number of anilines is 1.